The third-order valence-electron chi connectivity index (χ3n) is 3.65. The second-order valence-electron chi connectivity index (χ2n) is 6.39. The van der Waals surface area contributed by atoms with Crippen molar-refractivity contribution in [3.63, 3.8) is 0 Å². The number of amides is 1. The Morgan fingerprint density at radius 1 is 1.36 bits per heavy atom. The van der Waals surface area contributed by atoms with Crippen molar-refractivity contribution in [3.05, 3.63) is 12.4 Å². The van der Waals surface area contributed by atoms with Crippen LogP contribution in [-0.2, 0) is 16.0 Å². The van der Waals surface area contributed by atoms with E-state index in [0.717, 1.165) is 45.1 Å². The molecule has 0 spiro atoms. The van der Waals surface area contributed by atoms with Gasteiger partial charge >= 0.3 is 6.09 Å². The third kappa shape index (κ3) is 4.20. The van der Waals surface area contributed by atoms with Crippen LogP contribution >= 0.6 is 0 Å². The van der Waals surface area contributed by atoms with Crippen molar-refractivity contribution >= 4 is 11.8 Å². The topological polar surface area (TPSA) is 59.8 Å². The zero-order valence-corrected chi connectivity index (χ0v) is 13.9. The summed E-state index contributed by atoms with van der Waals surface area (Å²) in [5.41, 5.74) is 0.381. The summed E-state index contributed by atoms with van der Waals surface area (Å²) < 4.78 is 12.1. The summed E-state index contributed by atoms with van der Waals surface area (Å²) in [4.78, 5) is 16.0. The van der Waals surface area contributed by atoms with E-state index in [1.807, 2.05) is 31.6 Å². The Labute approximate surface area is 131 Å². The first-order chi connectivity index (χ1) is 10.4. The Morgan fingerprint density at radius 3 is 2.64 bits per heavy atom. The minimum atomic E-state index is -0.375. The molecular formula is C15H26N4O3. The Kier molecular flexibility index (Phi) is 5.42. The normalized spacial score (nSPS) is 16.5. The average Bonchev–Trinajstić information content (AvgIpc) is 2.93. The lowest BCUT2D eigenvalue weighted by Gasteiger charge is -2.33. The number of aromatic nitrogens is 2. The Bertz CT molecular complexity index is 489. The Hall–Kier alpha value is -1.60. The van der Waals surface area contributed by atoms with Crippen molar-refractivity contribution in [1.29, 1.82) is 0 Å². The van der Waals surface area contributed by atoms with Gasteiger partial charge in [0.25, 0.3) is 0 Å². The van der Waals surface area contributed by atoms with Gasteiger partial charge in [0.1, 0.15) is 0 Å². The van der Waals surface area contributed by atoms with Crippen LogP contribution in [0.5, 0.6) is 0 Å². The summed E-state index contributed by atoms with van der Waals surface area (Å²) in [6.07, 6.45) is 3.23. The van der Waals surface area contributed by atoms with Crippen molar-refractivity contribution in [2.75, 3.05) is 44.9 Å². The molecule has 0 aromatic carbocycles. The molecule has 1 fully saturated rings. The molecule has 124 valence electrons. The molecule has 0 atom stereocenters. The monoisotopic (exact) mass is 310 g/mol. The molecule has 0 bridgehead atoms. The fourth-order valence-corrected chi connectivity index (χ4v) is 2.52. The molecule has 22 heavy (non-hydrogen) atoms. The maximum atomic E-state index is 12.0. The molecule has 1 aromatic rings. The number of nitrogens with zero attached hydrogens (tertiary/aromatic N) is 4. The minimum absolute atomic E-state index is 0.370. The first-order valence-corrected chi connectivity index (χ1v) is 7.62. The Balaban J connectivity index is 2.00. The predicted octanol–water partition coefficient (Wildman–Crippen LogP) is 1.59. The molecule has 2 rings (SSSR count). The lowest BCUT2D eigenvalue weighted by atomic mass is 10.1. The van der Waals surface area contributed by atoms with Crippen LogP contribution in [0.3, 0.4) is 0 Å². The van der Waals surface area contributed by atoms with Crippen LogP contribution in [0.1, 0.15) is 20.8 Å². The van der Waals surface area contributed by atoms with Gasteiger partial charge in [0.05, 0.1) is 38.8 Å². The minimum Gasteiger partial charge on any atom is -0.452 e. The fraction of sp³-hybridized carbons (Fsp3) is 0.733. The maximum absolute atomic E-state index is 12.0. The Morgan fingerprint density at radius 2 is 2.05 bits per heavy atom. The average molecular weight is 310 g/mol. The van der Waals surface area contributed by atoms with Crippen molar-refractivity contribution in [2.24, 2.45) is 0 Å². The number of methoxy groups -OCH3 is 1. The van der Waals surface area contributed by atoms with E-state index in [0.29, 0.717) is 0 Å². The highest BCUT2D eigenvalue weighted by molar-refractivity contribution is 5.88. The summed E-state index contributed by atoms with van der Waals surface area (Å²) in [6.45, 7) is 11.1. The van der Waals surface area contributed by atoms with Crippen molar-refractivity contribution in [3.8, 4) is 0 Å². The molecule has 2 heterocycles. The van der Waals surface area contributed by atoms with Crippen LogP contribution < -0.4 is 4.90 Å². The largest absolute Gasteiger partial charge is 0.452 e. The smallest absolute Gasteiger partial charge is 0.414 e. The molecule has 0 aliphatic carbocycles. The molecule has 1 aliphatic heterocycles. The number of anilines is 1. The van der Waals surface area contributed by atoms with Crippen molar-refractivity contribution in [1.82, 2.24) is 14.7 Å². The molecule has 7 heteroatoms. The van der Waals surface area contributed by atoms with E-state index in [4.69, 9.17) is 9.47 Å². The first-order valence-electron chi connectivity index (χ1n) is 7.62. The van der Waals surface area contributed by atoms with E-state index in [2.05, 4.69) is 10.00 Å². The molecule has 1 aromatic heterocycles. The SMILES string of the molecule is COC(=O)N(c1cnn(CCN2CCOCC2)c1)C(C)(C)C. The van der Waals surface area contributed by atoms with Crippen LogP contribution in [0.25, 0.3) is 0 Å². The van der Waals surface area contributed by atoms with Gasteiger partial charge in [-0.2, -0.15) is 5.10 Å². The molecule has 1 saturated heterocycles. The van der Waals surface area contributed by atoms with Gasteiger partial charge in [0.2, 0.25) is 0 Å². The zero-order valence-electron chi connectivity index (χ0n) is 13.9. The molecular weight excluding hydrogens is 284 g/mol. The summed E-state index contributed by atoms with van der Waals surface area (Å²) in [5, 5.41) is 4.36. The van der Waals surface area contributed by atoms with E-state index in [1.165, 1.54) is 7.11 Å². The summed E-state index contributed by atoms with van der Waals surface area (Å²) >= 11 is 0. The first kappa shape index (κ1) is 16.8. The van der Waals surface area contributed by atoms with Gasteiger partial charge in [0, 0.05) is 31.4 Å². The van der Waals surface area contributed by atoms with Crippen molar-refractivity contribution in [2.45, 2.75) is 32.9 Å². The van der Waals surface area contributed by atoms with Crippen molar-refractivity contribution < 1.29 is 14.3 Å². The van der Waals surface area contributed by atoms with Gasteiger partial charge in [-0.1, -0.05) is 0 Å². The van der Waals surface area contributed by atoms with E-state index >= 15 is 0 Å². The highest BCUT2D eigenvalue weighted by Crippen LogP contribution is 2.24. The quantitative estimate of drug-likeness (QED) is 0.845. The summed E-state index contributed by atoms with van der Waals surface area (Å²) in [5.74, 6) is 0. The highest BCUT2D eigenvalue weighted by atomic mass is 16.5. The second-order valence-corrected chi connectivity index (χ2v) is 6.39. The summed E-state index contributed by atoms with van der Waals surface area (Å²) in [7, 11) is 1.39. The van der Waals surface area contributed by atoms with E-state index in [9.17, 15) is 4.79 Å². The molecule has 7 nitrogen and oxygen atoms in total. The second kappa shape index (κ2) is 7.11. The van der Waals surface area contributed by atoms with Crippen LogP contribution in [0.15, 0.2) is 12.4 Å². The van der Waals surface area contributed by atoms with Crippen LogP contribution in [0.2, 0.25) is 0 Å². The van der Waals surface area contributed by atoms with Crippen LogP contribution in [0.4, 0.5) is 10.5 Å². The lowest BCUT2D eigenvalue weighted by molar-refractivity contribution is 0.0360. The molecule has 1 aliphatic rings. The zero-order chi connectivity index (χ0) is 16.2. The van der Waals surface area contributed by atoms with Gasteiger partial charge in [-0.15, -0.1) is 0 Å². The standard InChI is InChI=1S/C15H26N4O3/c1-15(2,3)19(14(20)21-4)13-11-16-18(12-13)6-5-17-7-9-22-10-8-17/h11-12H,5-10H2,1-4H3. The number of morpholine rings is 1. The maximum Gasteiger partial charge on any atom is 0.414 e. The molecule has 0 N–H and O–H groups in total. The molecule has 0 saturated carbocycles. The number of hydrogen-bond donors (Lipinski definition) is 0. The highest BCUT2D eigenvalue weighted by Gasteiger charge is 2.30. The number of carbonyl (C=O) groups excluding carboxylic acids is 1. The van der Waals surface area contributed by atoms with Crippen LogP contribution in [0, 0.1) is 0 Å². The molecule has 1 amide bonds. The van der Waals surface area contributed by atoms with Gasteiger partial charge in [-0.25, -0.2) is 4.79 Å². The third-order valence-corrected chi connectivity index (χ3v) is 3.65. The van der Waals surface area contributed by atoms with Gasteiger partial charge < -0.3 is 9.47 Å². The van der Waals surface area contributed by atoms with E-state index in [-0.39, 0.29) is 11.6 Å². The van der Waals surface area contributed by atoms with Gasteiger partial charge in [0.15, 0.2) is 0 Å². The van der Waals surface area contributed by atoms with Crippen LogP contribution in [-0.4, -0.2) is 66.3 Å². The lowest BCUT2D eigenvalue weighted by Crippen LogP contribution is -2.45. The molecule has 0 unspecified atom stereocenters. The predicted molar refractivity (Wildman–Crippen MR) is 84.1 cm³/mol. The fourth-order valence-electron chi connectivity index (χ4n) is 2.52. The van der Waals surface area contributed by atoms with Gasteiger partial charge in [-0.05, 0) is 20.8 Å². The number of carbonyl (C=O) groups is 1. The van der Waals surface area contributed by atoms with E-state index in [1.54, 1.807) is 11.1 Å². The molecule has 0 radical (unpaired) electrons. The number of rotatable bonds is 4. The number of ether oxygens (including phenoxy) is 2. The van der Waals surface area contributed by atoms with E-state index < -0.39 is 0 Å². The number of hydrogen-bond acceptors (Lipinski definition) is 5. The summed E-state index contributed by atoms with van der Waals surface area (Å²) in [6, 6.07) is 0. The van der Waals surface area contributed by atoms with Gasteiger partial charge in [-0.3, -0.25) is 14.5 Å².